The molecular formula is C16H20N2O5. The Morgan fingerprint density at radius 3 is 2.39 bits per heavy atom. The fraction of sp³-hybridized carbons (Fsp3) is 0.500. The number of aliphatic hydroxyl groups is 1. The van der Waals surface area contributed by atoms with Crippen LogP contribution < -0.4 is 14.2 Å². The van der Waals surface area contributed by atoms with E-state index in [0.29, 0.717) is 34.8 Å². The quantitative estimate of drug-likeness (QED) is 0.854. The van der Waals surface area contributed by atoms with Crippen molar-refractivity contribution in [3.63, 3.8) is 0 Å². The molecule has 23 heavy (non-hydrogen) atoms. The van der Waals surface area contributed by atoms with Crippen LogP contribution in [0.3, 0.4) is 0 Å². The third kappa shape index (κ3) is 2.45. The van der Waals surface area contributed by atoms with Gasteiger partial charge in [-0.1, -0.05) is 6.92 Å². The lowest BCUT2D eigenvalue weighted by molar-refractivity contribution is 0.0571. The molecule has 7 nitrogen and oxygen atoms in total. The van der Waals surface area contributed by atoms with E-state index in [0.717, 1.165) is 0 Å². The summed E-state index contributed by atoms with van der Waals surface area (Å²) in [5.74, 6) is 0.663. The van der Waals surface area contributed by atoms with Crippen molar-refractivity contribution in [3.05, 3.63) is 17.2 Å². The maximum absolute atomic E-state index is 12.8. The normalized spacial score (nSPS) is 17.5. The highest BCUT2D eigenvalue weighted by molar-refractivity contribution is 6.02. The van der Waals surface area contributed by atoms with Gasteiger partial charge in [-0.2, -0.15) is 5.26 Å². The minimum absolute atomic E-state index is 0.217. The number of nitriles is 1. The molecule has 1 aliphatic rings. The van der Waals surface area contributed by atoms with Crippen molar-refractivity contribution >= 4 is 5.91 Å². The molecule has 1 heterocycles. The second kappa shape index (κ2) is 6.75. The van der Waals surface area contributed by atoms with E-state index in [9.17, 15) is 15.2 Å². The van der Waals surface area contributed by atoms with Gasteiger partial charge in [0.05, 0.1) is 45.6 Å². The van der Waals surface area contributed by atoms with Crippen LogP contribution in [0, 0.1) is 11.3 Å². The molecule has 0 saturated heterocycles. The molecule has 0 aromatic heterocycles. The molecule has 0 fully saturated rings. The monoisotopic (exact) mass is 320 g/mol. The summed E-state index contributed by atoms with van der Waals surface area (Å²) in [6.07, 6.45) is 0.533. The first-order chi connectivity index (χ1) is 11.1. The van der Waals surface area contributed by atoms with E-state index < -0.39 is 12.1 Å². The van der Waals surface area contributed by atoms with E-state index >= 15 is 0 Å². The molecule has 0 radical (unpaired) electrons. The van der Waals surface area contributed by atoms with E-state index in [2.05, 4.69) is 6.07 Å². The highest BCUT2D eigenvalue weighted by Gasteiger charge is 2.44. The number of aliphatic hydroxyl groups excluding tert-OH is 1. The summed E-state index contributed by atoms with van der Waals surface area (Å²) < 4.78 is 16.0. The molecule has 0 aliphatic carbocycles. The third-order valence-electron chi connectivity index (χ3n) is 4.08. The first-order valence-corrected chi connectivity index (χ1v) is 7.25. The van der Waals surface area contributed by atoms with E-state index in [1.807, 2.05) is 6.92 Å². The molecule has 0 spiro atoms. The molecule has 7 heteroatoms. The van der Waals surface area contributed by atoms with Gasteiger partial charge < -0.3 is 24.2 Å². The van der Waals surface area contributed by atoms with Gasteiger partial charge in [-0.05, 0) is 12.5 Å². The number of rotatable bonds is 6. The Balaban J connectivity index is 2.72. The lowest BCUT2D eigenvalue weighted by Crippen LogP contribution is -2.39. The molecule has 1 aromatic rings. The lowest BCUT2D eigenvalue weighted by atomic mass is 10.0. The van der Waals surface area contributed by atoms with Gasteiger partial charge in [0.15, 0.2) is 11.5 Å². The predicted octanol–water partition coefficient (Wildman–Crippen LogP) is 1.50. The van der Waals surface area contributed by atoms with Crippen molar-refractivity contribution in [1.29, 1.82) is 5.26 Å². The van der Waals surface area contributed by atoms with E-state index in [1.54, 1.807) is 6.07 Å². The van der Waals surface area contributed by atoms with Gasteiger partial charge >= 0.3 is 0 Å². The first-order valence-electron chi connectivity index (χ1n) is 7.25. The number of hydrogen-bond acceptors (Lipinski definition) is 6. The standard InChI is InChI=1S/C16H20N2O5/c1-5-9(8-19)18-11(7-17)13-10(16(18)20)6-12(21-2)14(22-3)15(13)23-4/h6,9,11,19H,5,8H2,1-4H3. The maximum Gasteiger partial charge on any atom is 0.256 e. The van der Waals surface area contributed by atoms with Gasteiger partial charge in [0.2, 0.25) is 5.75 Å². The Bertz CT molecular complexity index is 649. The highest BCUT2D eigenvalue weighted by atomic mass is 16.5. The van der Waals surface area contributed by atoms with Crippen molar-refractivity contribution in [1.82, 2.24) is 4.90 Å². The predicted molar refractivity (Wildman–Crippen MR) is 81.8 cm³/mol. The fourth-order valence-corrected chi connectivity index (χ4v) is 2.94. The summed E-state index contributed by atoms with van der Waals surface area (Å²) in [6, 6.07) is 2.39. The van der Waals surface area contributed by atoms with Crippen LogP contribution in [0.1, 0.15) is 35.3 Å². The van der Waals surface area contributed by atoms with Crippen molar-refractivity contribution in [3.8, 4) is 23.3 Å². The second-order valence-corrected chi connectivity index (χ2v) is 5.10. The van der Waals surface area contributed by atoms with Crippen molar-refractivity contribution in [2.75, 3.05) is 27.9 Å². The van der Waals surface area contributed by atoms with Crippen LogP contribution in [-0.4, -0.2) is 49.9 Å². The van der Waals surface area contributed by atoms with Crippen LogP contribution in [0.25, 0.3) is 0 Å². The molecule has 1 aromatic carbocycles. The van der Waals surface area contributed by atoms with Crippen LogP contribution in [-0.2, 0) is 0 Å². The zero-order chi connectivity index (χ0) is 17.1. The molecule has 1 amide bonds. The number of carbonyl (C=O) groups excluding carboxylic acids is 1. The lowest BCUT2D eigenvalue weighted by Gasteiger charge is -2.28. The molecule has 2 atom stereocenters. The van der Waals surface area contributed by atoms with Gasteiger partial charge in [-0.15, -0.1) is 0 Å². The molecule has 0 bridgehead atoms. The molecule has 124 valence electrons. The Labute approximate surface area is 135 Å². The number of carbonyl (C=O) groups is 1. The largest absolute Gasteiger partial charge is 0.493 e. The smallest absolute Gasteiger partial charge is 0.256 e. The summed E-state index contributed by atoms with van der Waals surface area (Å²) in [4.78, 5) is 14.2. The number of methoxy groups -OCH3 is 3. The Morgan fingerprint density at radius 1 is 1.30 bits per heavy atom. The van der Waals surface area contributed by atoms with E-state index in [-0.39, 0.29) is 12.5 Å². The minimum Gasteiger partial charge on any atom is -0.493 e. The van der Waals surface area contributed by atoms with Gasteiger partial charge in [-0.25, -0.2) is 0 Å². The molecule has 1 N–H and O–H groups in total. The van der Waals surface area contributed by atoms with Gasteiger partial charge in [0, 0.05) is 5.56 Å². The SMILES string of the molecule is CCC(CO)N1C(=O)c2cc(OC)c(OC)c(OC)c2C1C#N. The number of nitrogens with zero attached hydrogens (tertiary/aromatic N) is 2. The van der Waals surface area contributed by atoms with E-state index in [1.165, 1.54) is 26.2 Å². The molecule has 2 rings (SSSR count). The number of fused-ring (bicyclic) bond motifs is 1. The van der Waals surface area contributed by atoms with Crippen molar-refractivity contribution in [2.45, 2.75) is 25.4 Å². The summed E-state index contributed by atoms with van der Waals surface area (Å²) >= 11 is 0. The molecule has 2 unspecified atom stereocenters. The number of hydrogen-bond donors (Lipinski definition) is 1. The average molecular weight is 320 g/mol. The summed E-state index contributed by atoms with van der Waals surface area (Å²) in [6.45, 7) is 1.63. The molecular weight excluding hydrogens is 300 g/mol. The van der Waals surface area contributed by atoms with Crippen LogP contribution in [0.4, 0.5) is 0 Å². The minimum atomic E-state index is -0.843. The van der Waals surface area contributed by atoms with Crippen LogP contribution >= 0.6 is 0 Å². The van der Waals surface area contributed by atoms with Gasteiger partial charge in [0.1, 0.15) is 6.04 Å². The van der Waals surface area contributed by atoms with Crippen molar-refractivity contribution < 1.29 is 24.1 Å². The maximum atomic E-state index is 12.8. The fourth-order valence-electron chi connectivity index (χ4n) is 2.94. The zero-order valence-electron chi connectivity index (χ0n) is 13.6. The molecule has 0 saturated carbocycles. The average Bonchev–Trinajstić information content (AvgIpc) is 2.86. The van der Waals surface area contributed by atoms with Crippen LogP contribution in [0.15, 0.2) is 6.07 Å². The van der Waals surface area contributed by atoms with E-state index in [4.69, 9.17) is 14.2 Å². The third-order valence-corrected chi connectivity index (χ3v) is 4.08. The summed E-state index contributed by atoms with van der Waals surface area (Å²) in [5, 5.41) is 19.1. The van der Waals surface area contributed by atoms with Gasteiger partial charge in [0.25, 0.3) is 5.91 Å². The van der Waals surface area contributed by atoms with Gasteiger partial charge in [-0.3, -0.25) is 4.79 Å². The highest BCUT2D eigenvalue weighted by Crippen LogP contribution is 2.49. The van der Waals surface area contributed by atoms with Crippen LogP contribution in [0.2, 0.25) is 0 Å². The zero-order valence-corrected chi connectivity index (χ0v) is 13.6. The summed E-state index contributed by atoms with van der Waals surface area (Å²) in [5.41, 5.74) is 0.780. The Hall–Kier alpha value is -2.46. The van der Waals surface area contributed by atoms with Crippen LogP contribution in [0.5, 0.6) is 17.2 Å². The molecule has 1 aliphatic heterocycles. The summed E-state index contributed by atoms with van der Waals surface area (Å²) in [7, 11) is 4.37. The van der Waals surface area contributed by atoms with Crippen molar-refractivity contribution in [2.24, 2.45) is 0 Å². The topological polar surface area (TPSA) is 92.0 Å². The first kappa shape index (κ1) is 16.9. The Morgan fingerprint density at radius 2 is 1.96 bits per heavy atom. The second-order valence-electron chi connectivity index (χ2n) is 5.10. The Kier molecular flexibility index (Phi) is 4.96. The number of amides is 1. The number of ether oxygens (including phenoxy) is 3. The number of benzene rings is 1.